The standard InChI is InChI=1S/C16H27N3O3/c1-6-13(19-15(20)22-16(2,3)4)11-17-9-12-7-8-14(21-5)18-10-12/h7-8,10,13,17H,6,9,11H2,1-5H3,(H,19,20). The molecule has 0 saturated carbocycles. The fourth-order valence-corrected chi connectivity index (χ4v) is 1.80. The number of nitrogens with one attached hydrogen (secondary N) is 2. The number of alkyl carbamates (subject to hydrolysis) is 1. The van der Waals surface area contributed by atoms with Crippen molar-refractivity contribution in [2.45, 2.75) is 52.3 Å². The summed E-state index contributed by atoms with van der Waals surface area (Å²) in [7, 11) is 1.59. The highest BCUT2D eigenvalue weighted by molar-refractivity contribution is 5.68. The van der Waals surface area contributed by atoms with Crippen LogP contribution in [0.3, 0.4) is 0 Å². The quantitative estimate of drug-likeness (QED) is 0.809. The van der Waals surface area contributed by atoms with Crippen LogP contribution in [0.1, 0.15) is 39.7 Å². The topological polar surface area (TPSA) is 72.5 Å². The fraction of sp³-hybridized carbons (Fsp3) is 0.625. The summed E-state index contributed by atoms with van der Waals surface area (Å²) < 4.78 is 10.3. The molecule has 22 heavy (non-hydrogen) atoms. The van der Waals surface area contributed by atoms with Crippen LogP contribution in [0.15, 0.2) is 18.3 Å². The van der Waals surface area contributed by atoms with Crippen LogP contribution in [0.25, 0.3) is 0 Å². The molecule has 1 amide bonds. The number of hydrogen-bond donors (Lipinski definition) is 2. The van der Waals surface area contributed by atoms with Crippen LogP contribution < -0.4 is 15.4 Å². The van der Waals surface area contributed by atoms with Gasteiger partial charge in [0.25, 0.3) is 0 Å². The number of aromatic nitrogens is 1. The Kier molecular flexibility index (Phi) is 7.11. The Morgan fingerprint density at radius 3 is 2.59 bits per heavy atom. The number of methoxy groups -OCH3 is 1. The minimum absolute atomic E-state index is 0.0288. The molecule has 6 heteroatoms. The summed E-state index contributed by atoms with van der Waals surface area (Å²) in [5.74, 6) is 0.599. The van der Waals surface area contributed by atoms with E-state index >= 15 is 0 Å². The van der Waals surface area contributed by atoms with Crippen LogP contribution in [0.5, 0.6) is 5.88 Å². The largest absolute Gasteiger partial charge is 0.481 e. The molecule has 0 bridgehead atoms. The van der Waals surface area contributed by atoms with Gasteiger partial charge in [0.2, 0.25) is 5.88 Å². The van der Waals surface area contributed by atoms with E-state index in [4.69, 9.17) is 9.47 Å². The summed E-state index contributed by atoms with van der Waals surface area (Å²) in [6.45, 7) is 8.93. The van der Waals surface area contributed by atoms with Crippen molar-refractivity contribution in [3.8, 4) is 5.88 Å². The smallest absolute Gasteiger partial charge is 0.407 e. The molecule has 1 aromatic rings. The number of hydrogen-bond acceptors (Lipinski definition) is 5. The molecule has 0 aliphatic rings. The van der Waals surface area contributed by atoms with E-state index in [0.717, 1.165) is 12.0 Å². The first-order valence-electron chi connectivity index (χ1n) is 7.53. The lowest BCUT2D eigenvalue weighted by Gasteiger charge is -2.23. The molecule has 0 aliphatic heterocycles. The number of ether oxygens (including phenoxy) is 2. The number of carbonyl (C=O) groups is 1. The first-order valence-corrected chi connectivity index (χ1v) is 7.53. The van der Waals surface area contributed by atoms with E-state index in [1.807, 2.05) is 39.8 Å². The third-order valence-corrected chi connectivity index (χ3v) is 2.94. The lowest BCUT2D eigenvalue weighted by atomic mass is 10.2. The van der Waals surface area contributed by atoms with Crippen molar-refractivity contribution in [2.24, 2.45) is 0 Å². The zero-order chi connectivity index (χ0) is 16.6. The molecule has 0 radical (unpaired) electrons. The molecule has 0 spiro atoms. The van der Waals surface area contributed by atoms with Gasteiger partial charge in [-0.2, -0.15) is 0 Å². The van der Waals surface area contributed by atoms with Gasteiger partial charge in [-0.3, -0.25) is 0 Å². The molecule has 1 rings (SSSR count). The molecule has 6 nitrogen and oxygen atoms in total. The molecule has 0 saturated heterocycles. The molecule has 124 valence electrons. The van der Waals surface area contributed by atoms with Crippen molar-refractivity contribution < 1.29 is 14.3 Å². The molecule has 1 aromatic heterocycles. The van der Waals surface area contributed by atoms with Gasteiger partial charge in [-0.05, 0) is 32.8 Å². The Labute approximate surface area is 132 Å². The van der Waals surface area contributed by atoms with Crippen molar-refractivity contribution >= 4 is 6.09 Å². The third-order valence-electron chi connectivity index (χ3n) is 2.94. The Morgan fingerprint density at radius 2 is 2.09 bits per heavy atom. The van der Waals surface area contributed by atoms with E-state index in [0.29, 0.717) is 19.0 Å². The second-order valence-electron chi connectivity index (χ2n) is 6.09. The molecule has 1 atom stereocenters. The van der Waals surface area contributed by atoms with Crippen molar-refractivity contribution in [3.63, 3.8) is 0 Å². The van der Waals surface area contributed by atoms with Gasteiger partial charge in [-0.1, -0.05) is 13.0 Å². The van der Waals surface area contributed by atoms with Crippen LogP contribution in [0, 0.1) is 0 Å². The van der Waals surface area contributed by atoms with Crippen molar-refractivity contribution in [3.05, 3.63) is 23.9 Å². The highest BCUT2D eigenvalue weighted by Gasteiger charge is 2.18. The van der Waals surface area contributed by atoms with Gasteiger partial charge in [0, 0.05) is 31.4 Å². The fourth-order valence-electron chi connectivity index (χ4n) is 1.80. The van der Waals surface area contributed by atoms with Crippen LogP contribution >= 0.6 is 0 Å². The van der Waals surface area contributed by atoms with E-state index in [1.165, 1.54) is 0 Å². The van der Waals surface area contributed by atoms with Gasteiger partial charge in [-0.25, -0.2) is 9.78 Å². The van der Waals surface area contributed by atoms with E-state index in [9.17, 15) is 4.79 Å². The maximum Gasteiger partial charge on any atom is 0.407 e. The summed E-state index contributed by atoms with van der Waals surface area (Å²) in [6.07, 6.45) is 2.22. The van der Waals surface area contributed by atoms with E-state index in [2.05, 4.69) is 15.6 Å². The lowest BCUT2D eigenvalue weighted by Crippen LogP contribution is -2.43. The van der Waals surface area contributed by atoms with E-state index in [-0.39, 0.29) is 12.1 Å². The van der Waals surface area contributed by atoms with Crippen LogP contribution in [0.4, 0.5) is 4.79 Å². The van der Waals surface area contributed by atoms with Gasteiger partial charge >= 0.3 is 6.09 Å². The molecule has 0 aliphatic carbocycles. The highest BCUT2D eigenvalue weighted by Crippen LogP contribution is 2.08. The lowest BCUT2D eigenvalue weighted by molar-refractivity contribution is 0.0502. The number of rotatable bonds is 7. The van der Waals surface area contributed by atoms with Crippen molar-refractivity contribution in [1.29, 1.82) is 0 Å². The zero-order valence-electron chi connectivity index (χ0n) is 14.1. The Bertz CT molecular complexity index is 455. The monoisotopic (exact) mass is 309 g/mol. The van der Waals surface area contributed by atoms with Crippen LogP contribution in [0.2, 0.25) is 0 Å². The second-order valence-corrected chi connectivity index (χ2v) is 6.09. The van der Waals surface area contributed by atoms with Gasteiger partial charge in [0.15, 0.2) is 0 Å². The average molecular weight is 309 g/mol. The average Bonchev–Trinajstić information content (AvgIpc) is 2.45. The zero-order valence-corrected chi connectivity index (χ0v) is 14.1. The minimum Gasteiger partial charge on any atom is -0.481 e. The summed E-state index contributed by atoms with van der Waals surface area (Å²) >= 11 is 0. The van der Waals surface area contributed by atoms with Gasteiger partial charge in [0.05, 0.1) is 7.11 Å². The molecule has 0 fully saturated rings. The molecule has 2 N–H and O–H groups in total. The minimum atomic E-state index is -0.482. The third kappa shape index (κ3) is 7.26. The Hall–Kier alpha value is -1.82. The molecule has 0 aromatic carbocycles. The second kappa shape index (κ2) is 8.58. The summed E-state index contributed by atoms with van der Waals surface area (Å²) in [5, 5.41) is 6.18. The highest BCUT2D eigenvalue weighted by atomic mass is 16.6. The summed E-state index contributed by atoms with van der Waals surface area (Å²) in [4.78, 5) is 15.9. The Morgan fingerprint density at radius 1 is 1.36 bits per heavy atom. The molecule has 1 heterocycles. The summed E-state index contributed by atoms with van der Waals surface area (Å²) in [5.41, 5.74) is 0.581. The first kappa shape index (κ1) is 18.2. The Balaban J connectivity index is 2.35. The molecular formula is C16H27N3O3. The predicted octanol–water partition coefficient (Wildman–Crippen LogP) is 2.48. The number of pyridine rings is 1. The van der Waals surface area contributed by atoms with Crippen LogP contribution in [-0.4, -0.2) is 36.4 Å². The van der Waals surface area contributed by atoms with Crippen LogP contribution in [-0.2, 0) is 11.3 Å². The van der Waals surface area contributed by atoms with Gasteiger partial charge in [0.1, 0.15) is 5.60 Å². The normalized spacial score (nSPS) is 12.6. The first-order chi connectivity index (χ1) is 10.3. The number of carbonyl (C=O) groups excluding carboxylic acids is 1. The van der Waals surface area contributed by atoms with Crippen molar-refractivity contribution in [1.82, 2.24) is 15.6 Å². The SMILES string of the molecule is CCC(CNCc1ccc(OC)nc1)NC(=O)OC(C)(C)C. The van der Waals surface area contributed by atoms with Crippen molar-refractivity contribution in [2.75, 3.05) is 13.7 Å². The number of amides is 1. The van der Waals surface area contributed by atoms with Gasteiger partial charge < -0.3 is 20.1 Å². The maximum atomic E-state index is 11.7. The summed E-state index contributed by atoms with van der Waals surface area (Å²) in [6, 6.07) is 3.81. The molecule has 1 unspecified atom stereocenters. The van der Waals surface area contributed by atoms with E-state index < -0.39 is 5.60 Å². The number of nitrogens with zero attached hydrogens (tertiary/aromatic N) is 1. The maximum absolute atomic E-state index is 11.7. The van der Waals surface area contributed by atoms with Gasteiger partial charge in [-0.15, -0.1) is 0 Å². The van der Waals surface area contributed by atoms with E-state index in [1.54, 1.807) is 13.3 Å². The molecular weight excluding hydrogens is 282 g/mol. The predicted molar refractivity (Wildman–Crippen MR) is 85.9 cm³/mol.